The molecule has 1 saturated carbocycles. The van der Waals surface area contributed by atoms with Gasteiger partial charge in [0.05, 0.1) is 6.04 Å². The molecule has 0 spiro atoms. The van der Waals surface area contributed by atoms with Crippen molar-refractivity contribution >= 4 is 12.0 Å². The SMILES string of the molecule is CC(C(=O)NC1CCCC1)N1CCN(C/C=C/c2ccccc2)CC1. The van der Waals surface area contributed by atoms with Crippen LogP contribution in [0, 0.1) is 0 Å². The maximum absolute atomic E-state index is 12.4. The number of hydrogen-bond donors (Lipinski definition) is 1. The van der Waals surface area contributed by atoms with Crippen LogP contribution in [0.2, 0.25) is 0 Å². The van der Waals surface area contributed by atoms with Gasteiger partial charge in [0.15, 0.2) is 0 Å². The number of amides is 1. The van der Waals surface area contributed by atoms with Gasteiger partial charge in [0.2, 0.25) is 5.91 Å². The van der Waals surface area contributed by atoms with Crippen molar-refractivity contribution in [3.8, 4) is 0 Å². The van der Waals surface area contributed by atoms with Crippen molar-refractivity contribution in [3.05, 3.63) is 42.0 Å². The van der Waals surface area contributed by atoms with Crippen molar-refractivity contribution in [2.45, 2.75) is 44.7 Å². The van der Waals surface area contributed by atoms with Gasteiger partial charge in [0.1, 0.15) is 0 Å². The number of benzene rings is 1. The number of carbonyl (C=O) groups excluding carboxylic acids is 1. The normalized spacial score (nSPS) is 21.6. The van der Waals surface area contributed by atoms with Crippen LogP contribution in [0.25, 0.3) is 6.08 Å². The molecule has 3 rings (SSSR count). The largest absolute Gasteiger partial charge is 0.352 e. The van der Waals surface area contributed by atoms with Gasteiger partial charge >= 0.3 is 0 Å². The third-order valence-electron chi connectivity index (χ3n) is 5.51. The Labute approximate surface area is 151 Å². The van der Waals surface area contributed by atoms with Crippen molar-refractivity contribution in [2.24, 2.45) is 0 Å². The topological polar surface area (TPSA) is 35.6 Å². The molecule has 1 aliphatic carbocycles. The first-order valence-corrected chi connectivity index (χ1v) is 9.71. The van der Waals surface area contributed by atoms with Crippen LogP contribution in [-0.2, 0) is 4.79 Å². The molecule has 1 aromatic carbocycles. The molecule has 0 aromatic heterocycles. The molecule has 1 amide bonds. The first-order valence-electron chi connectivity index (χ1n) is 9.71. The fraction of sp³-hybridized carbons (Fsp3) is 0.571. The maximum atomic E-state index is 12.4. The highest BCUT2D eigenvalue weighted by Crippen LogP contribution is 2.18. The van der Waals surface area contributed by atoms with E-state index in [1.54, 1.807) is 0 Å². The lowest BCUT2D eigenvalue weighted by Crippen LogP contribution is -2.54. The van der Waals surface area contributed by atoms with Crippen molar-refractivity contribution < 1.29 is 4.79 Å². The van der Waals surface area contributed by atoms with Crippen LogP contribution in [0.15, 0.2) is 36.4 Å². The zero-order valence-electron chi connectivity index (χ0n) is 15.4. The number of nitrogens with zero attached hydrogens (tertiary/aromatic N) is 2. The number of piperazine rings is 1. The van der Waals surface area contributed by atoms with E-state index in [4.69, 9.17) is 0 Å². The second kappa shape index (κ2) is 9.16. The van der Waals surface area contributed by atoms with E-state index in [0.29, 0.717) is 6.04 Å². The van der Waals surface area contributed by atoms with Gasteiger partial charge in [-0.15, -0.1) is 0 Å². The molecule has 2 fully saturated rings. The summed E-state index contributed by atoms with van der Waals surface area (Å²) in [6.45, 7) is 7.03. The predicted octanol–water partition coefficient (Wildman–Crippen LogP) is 2.76. The molecule has 2 aliphatic rings. The Bertz CT molecular complexity index is 558. The van der Waals surface area contributed by atoms with Crippen molar-refractivity contribution in [2.75, 3.05) is 32.7 Å². The van der Waals surface area contributed by atoms with E-state index in [2.05, 4.69) is 58.5 Å². The average Bonchev–Trinajstić information content (AvgIpc) is 3.15. The third kappa shape index (κ3) is 5.41. The van der Waals surface area contributed by atoms with Crippen LogP contribution < -0.4 is 5.32 Å². The fourth-order valence-electron chi connectivity index (χ4n) is 3.79. The summed E-state index contributed by atoms with van der Waals surface area (Å²) in [6, 6.07) is 10.8. The van der Waals surface area contributed by atoms with Gasteiger partial charge in [-0.2, -0.15) is 0 Å². The molecular formula is C21H31N3O. The summed E-state index contributed by atoms with van der Waals surface area (Å²) in [5.74, 6) is 0.212. The summed E-state index contributed by atoms with van der Waals surface area (Å²) in [7, 11) is 0. The van der Waals surface area contributed by atoms with Crippen LogP contribution in [0.4, 0.5) is 0 Å². The fourth-order valence-corrected chi connectivity index (χ4v) is 3.79. The van der Waals surface area contributed by atoms with E-state index in [1.165, 1.54) is 18.4 Å². The van der Waals surface area contributed by atoms with E-state index in [-0.39, 0.29) is 11.9 Å². The maximum Gasteiger partial charge on any atom is 0.237 e. The molecule has 4 nitrogen and oxygen atoms in total. The highest BCUT2D eigenvalue weighted by molar-refractivity contribution is 5.81. The molecular weight excluding hydrogens is 310 g/mol. The molecule has 1 aliphatic heterocycles. The monoisotopic (exact) mass is 341 g/mol. The minimum absolute atomic E-state index is 0.0115. The van der Waals surface area contributed by atoms with Gasteiger partial charge in [0, 0.05) is 38.8 Å². The van der Waals surface area contributed by atoms with Crippen LogP contribution in [-0.4, -0.2) is 60.5 Å². The van der Waals surface area contributed by atoms with Crippen LogP contribution >= 0.6 is 0 Å². The lowest BCUT2D eigenvalue weighted by Gasteiger charge is -2.37. The summed E-state index contributed by atoms with van der Waals surface area (Å²) in [4.78, 5) is 17.2. The molecule has 25 heavy (non-hydrogen) atoms. The Hall–Kier alpha value is -1.65. The van der Waals surface area contributed by atoms with Crippen LogP contribution in [0.5, 0.6) is 0 Å². The molecule has 136 valence electrons. The van der Waals surface area contributed by atoms with Crippen molar-refractivity contribution in [1.82, 2.24) is 15.1 Å². The van der Waals surface area contributed by atoms with E-state index >= 15 is 0 Å². The van der Waals surface area contributed by atoms with E-state index in [1.807, 2.05) is 6.07 Å². The highest BCUT2D eigenvalue weighted by atomic mass is 16.2. The lowest BCUT2D eigenvalue weighted by molar-refractivity contribution is -0.127. The van der Waals surface area contributed by atoms with Gasteiger partial charge in [-0.3, -0.25) is 14.6 Å². The van der Waals surface area contributed by atoms with Gasteiger partial charge in [-0.25, -0.2) is 0 Å². The van der Waals surface area contributed by atoms with E-state index in [0.717, 1.165) is 45.6 Å². The number of nitrogens with one attached hydrogen (secondary N) is 1. The van der Waals surface area contributed by atoms with Crippen LogP contribution in [0.1, 0.15) is 38.2 Å². The second-order valence-corrected chi connectivity index (χ2v) is 7.32. The summed E-state index contributed by atoms with van der Waals surface area (Å²) in [5, 5.41) is 3.23. The first kappa shape index (κ1) is 18.2. The van der Waals surface area contributed by atoms with Gasteiger partial charge < -0.3 is 5.32 Å². The van der Waals surface area contributed by atoms with Crippen LogP contribution in [0.3, 0.4) is 0 Å². The molecule has 1 aromatic rings. The molecule has 1 atom stereocenters. The summed E-state index contributed by atoms with van der Waals surface area (Å²) in [6.07, 6.45) is 9.24. The highest BCUT2D eigenvalue weighted by Gasteiger charge is 2.27. The third-order valence-corrected chi connectivity index (χ3v) is 5.51. The minimum Gasteiger partial charge on any atom is -0.352 e. The Morgan fingerprint density at radius 1 is 1.16 bits per heavy atom. The summed E-state index contributed by atoms with van der Waals surface area (Å²) < 4.78 is 0. The smallest absolute Gasteiger partial charge is 0.237 e. The number of rotatable bonds is 6. The summed E-state index contributed by atoms with van der Waals surface area (Å²) in [5.41, 5.74) is 1.25. The Morgan fingerprint density at radius 3 is 2.52 bits per heavy atom. The second-order valence-electron chi connectivity index (χ2n) is 7.32. The average molecular weight is 341 g/mol. The van der Waals surface area contributed by atoms with Gasteiger partial charge in [-0.05, 0) is 25.3 Å². The first-order chi connectivity index (χ1) is 12.2. The Morgan fingerprint density at radius 2 is 1.84 bits per heavy atom. The Kier molecular flexibility index (Phi) is 6.65. The van der Waals surface area contributed by atoms with Crippen molar-refractivity contribution in [3.63, 3.8) is 0 Å². The van der Waals surface area contributed by atoms with Crippen molar-refractivity contribution in [1.29, 1.82) is 0 Å². The standard InChI is InChI=1S/C21H31N3O/c1-18(21(25)22-20-11-5-6-12-20)24-16-14-23(15-17-24)13-7-10-19-8-3-2-4-9-19/h2-4,7-10,18,20H,5-6,11-17H2,1H3,(H,22,25)/b10-7+. The zero-order chi connectivity index (χ0) is 17.5. The van der Waals surface area contributed by atoms with E-state index < -0.39 is 0 Å². The van der Waals surface area contributed by atoms with E-state index in [9.17, 15) is 4.79 Å². The summed E-state index contributed by atoms with van der Waals surface area (Å²) >= 11 is 0. The quantitative estimate of drug-likeness (QED) is 0.864. The molecule has 0 bridgehead atoms. The number of carbonyl (C=O) groups is 1. The Balaban J connectivity index is 1.39. The minimum atomic E-state index is -0.0115. The zero-order valence-corrected chi connectivity index (χ0v) is 15.4. The van der Waals surface area contributed by atoms with Gasteiger partial charge in [-0.1, -0.05) is 55.3 Å². The molecule has 0 radical (unpaired) electrons. The predicted molar refractivity (Wildman–Crippen MR) is 103 cm³/mol. The molecule has 4 heteroatoms. The molecule has 1 heterocycles. The lowest BCUT2D eigenvalue weighted by atomic mass is 10.1. The number of hydrogen-bond acceptors (Lipinski definition) is 3. The molecule has 1 N–H and O–H groups in total. The van der Waals surface area contributed by atoms with Gasteiger partial charge in [0.25, 0.3) is 0 Å². The molecule has 1 saturated heterocycles. The molecule has 1 unspecified atom stereocenters.